The molecule has 1 rings (SSSR count). The minimum Gasteiger partial charge on any atom is -0.373 e. The Labute approximate surface area is 88.7 Å². The van der Waals surface area contributed by atoms with Crippen LogP contribution in [0.4, 0.5) is 0 Å². The number of rotatable bonds is 5. The van der Waals surface area contributed by atoms with E-state index in [4.69, 9.17) is 10.6 Å². The van der Waals surface area contributed by atoms with Crippen molar-refractivity contribution < 1.29 is 9.53 Å². The van der Waals surface area contributed by atoms with Crippen LogP contribution in [0, 0.1) is 0 Å². The molecule has 0 heterocycles. The average Bonchev–Trinajstić information content (AvgIpc) is 2.29. The number of nitrogens with one attached hydrogen (secondary N) is 1. The Kier molecular flexibility index (Phi) is 4.53. The summed E-state index contributed by atoms with van der Waals surface area (Å²) in [5.74, 6) is 4.76. The summed E-state index contributed by atoms with van der Waals surface area (Å²) in [7, 11) is 0. The van der Waals surface area contributed by atoms with Gasteiger partial charge in [0.25, 0.3) is 5.91 Å². The SMILES string of the molecule is C=CCOCc1ccccc1C(=O)NN. The highest BCUT2D eigenvalue weighted by Crippen LogP contribution is 2.09. The predicted octanol–water partition coefficient (Wildman–Crippen LogP) is 0.993. The molecule has 0 saturated heterocycles. The number of carbonyl (C=O) groups excluding carboxylic acids is 1. The molecule has 80 valence electrons. The maximum absolute atomic E-state index is 11.4. The second-order valence-electron chi connectivity index (χ2n) is 2.93. The van der Waals surface area contributed by atoms with Crippen molar-refractivity contribution >= 4 is 5.91 Å². The summed E-state index contributed by atoms with van der Waals surface area (Å²) in [5.41, 5.74) is 3.44. The van der Waals surface area contributed by atoms with E-state index in [2.05, 4.69) is 12.0 Å². The van der Waals surface area contributed by atoms with Crippen LogP contribution in [0.1, 0.15) is 15.9 Å². The molecule has 0 spiro atoms. The van der Waals surface area contributed by atoms with Crippen LogP contribution in [0.15, 0.2) is 36.9 Å². The first-order chi connectivity index (χ1) is 7.29. The van der Waals surface area contributed by atoms with Crippen molar-refractivity contribution in [1.29, 1.82) is 0 Å². The molecule has 0 aliphatic carbocycles. The van der Waals surface area contributed by atoms with E-state index in [1.807, 2.05) is 12.1 Å². The minimum atomic E-state index is -0.312. The zero-order chi connectivity index (χ0) is 11.1. The van der Waals surface area contributed by atoms with Gasteiger partial charge in [-0.05, 0) is 11.6 Å². The zero-order valence-electron chi connectivity index (χ0n) is 8.40. The fourth-order valence-corrected chi connectivity index (χ4v) is 1.20. The highest BCUT2D eigenvalue weighted by atomic mass is 16.5. The molecule has 0 fully saturated rings. The largest absolute Gasteiger partial charge is 0.373 e. The smallest absolute Gasteiger partial charge is 0.265 e. The van der Waals surface area contributed by atoms with Crippen molar-refractivity contribution in [3.63, 3.8) is 0 Å². The molecule has 0 aliphatic rings. The fourth-order valence-electron chi connectivity index (χ4n) is 1.20. The highest BCUT2D eigenvalue weighted by molar-refractivity contribution is 5.95. The van der Waals surface area contributed by atoms with Crippen molar-refractivity contribution in [2.75, 3.05) is 6.61 Å². The lowest BCUT2D eigenvalue weighted by molar-refractivity contribution is 0.0946. The number of nitrogen functional groups attached to an aromatic ring is 1. The average molecular weight is 206 g/mol. The third-order valence-electron chi connectivity index (χ3n) is 1.89. The molecule has 0 radical (unpaired) electrons. The Balaban J connectivity index is 2.76. The van der Waals surface area contributed by atoms with Gasteiger partial charge in [-0.1, -0.05) is 24.3 Å². The van der Waals surface area contributed by atoms with E-state index in [9.17, 15) is 4.79 Å². The van der Waals surface area contributed by atoms with Gasteiger partial charge in [-0.15, -0.1) is 6.58 Å². The first-order valence-electron chi connectivity index (χ1n) is 4.57. The van der Waals surface area contributed by atoms with Gasteiger partial charge in [0.15, 0.2) is 0 Å². The van der Waals surface area contributed by atoms with Gasteiger partial charge in [0.05, 0.1) is 13.2 Å². The van der Waals surface area contributed by atoms with Gasteiger partial charge in [-0.25, -0.2) is 5.84 Å². The normalized spacial score (nSPS) is 9.67. The van der Waals surface area contributed by atoms with Crippen LogP contribution in [0.5, 0.6) is 0 Å². The van der Waals surface area contributed by atoms with E-state index < -0.39 is 0 Å². The molecule has 0 aromatic heterocycles. The van der Waals surface area contributed by atoms with Crippen LogP contribution in [0.25, 0.3) is 0 Å². The van der Waals surface area contributed by atoms with E-state index in [1.54, 1.807) is 18.2 Å². The molecule has 1 amide bonds. The van der Waals surface area contributed by atoms with E-state index in [1.165, 1.54) is 0 Å². The summed E-state index contributed by atoms with van der Waals surface area (Å²) in [6.45, 7) is 4.37. The molecule has 1 aromatic carbocycles. The Morgan fingerprint density at radius 1 is 1.53 bits per heavy atom. The van der Waals surface area contributed by atoms with Crippen molar-refractivity contribution in [1.82, 2.24) is 5.43 Å². The first kappa shape index (κ1) is 11.4. The van der Waals surface area contributed by atoms with E-state index in [-0.39, 0.29) is 5.91 Å². The third kappa shape index (κ3) is 3.19. The van der Waals surface area contributed by atoms with E-state index in [0.717, 1.165) is 5.56 Å². The Hall–Kier alpha value is -1.65. The maximum Gasteiger partial charge on any atom is 0.265 e. The number of ether oxygens (including phenoxy) is 1. The second kappa shape index (κ2) is 5.95. The number of carbonyl (C=O) groups is 1. The Morgan fingerprint density at radius 2 is 2.27 bits per heavy atom. The number of nitrogens with two attached hydrogens (primary N) is 1. The second-order valence-corrected chi connectivity index (χ2v) is 2.93. The molecule has 0 bridgehead atoms. The van der Waals surface area contributed by atoms with Gasteiger partial charge in [0.1, 0.15) is 0 Å². The zero-order valence-corrected chi connectivity index (χ0v) is 8.40. The van der Waals surface area contributed by atoms with Gasteiger partial charge in [0, 0.05) is 5.56 Å². The van der Waals surface area contributed by atoms with Crippen molar-refractivity contribution in [2.24, 2.45) is 5.84 Å². The lowest BCUT2D eigenvalue weighted by atomic mass is 10.1. The lowest BCUT2D eigenvalue weighted by Gasteiger charge is -2.07. The molecule has 0 saturated carbocycles. The molecule has 4 nitrogen and oxygen atoms in total. The molecule has 4 heteroatoms. The van der Waals surface area contributed by atoms with Gasteiger partial charge < -0.3 is 4.74 Å². The summed E-state index contributed by atoms with van der Waals surface area (Å²) in [4.78, 5) is 11.4. The summed E-state index contributed by atoms with van der Waals surface area (Å²) < 4.78 is 5.27. The number of amides is 1. The van der Waals surface area contributed by atoms with Gasteiger partial charge in [0.2, 0.25) is 0 Å². The van der Waals surface area contributed by atoms with E-state index >= 15 is 0 Å². The quantitative estimate of drug-likeness (QED) is 0.248. The number of benzene rings is 1. The van der Waals surface area contributed by atoms with Crippen LogP contribution >= 0.6 is 0 Å². The van der Waals surface area contributed by atoms with Crippen LogP contribution in [0.3, 0.4) is 0 Å². The van der Waals surface area contributed by atoms with Crippen molar-refractivity contribution in [3.8, 4) is 0 Å². The van der Waals surface area contributed by atoms with Gasteiger partial charge in [-0.2, -0.15) is 0 Å². The van der Waals surface area contributed by atoms with Crippen LogP contribution in [-0.2, 0) is 11.3 Å². The Morgan fingerprint density at radius 3 is 2.93 bits per heavy atom. The molecule has 0 atom stereocenters. The highest BCUT2D eigenvalue weighted by Gasteiger charge is 2.08. The predicted molar refractivity (Wildman–Crippen MR) is 57.9 cm³/mol. The molecular formula is C11H14N2O2. The molecular weight excluding hydrogens is 192 g/mol. The third-order valence-corrected chi connectivity index (χ3v) is 1.89. The standard InChI is InChI=1S/C11H14N2O2/c1-2-7-15-8-9-5-3-4-6-10(9)11(14)13-12/h2-6H,1,7-8,12H2,(H,13,14). The summed E-state index contributed by atoms with van der Waals surface area (Å²) in [6, 6.07) is 7.16. The van der Waals surface area contributed by atoms with Crippen LogP contribution in [0.2, 0.25) is 0 Å². The van der Waals surface area contributed by atoms with Gasteiger partial charge >= 0.3 is 0 Å². The van der Waals surface area contributed by atoms with Gasteiger partial charge in [-0.3, -0.25) is 10.2 Å². The number of hydrogen-bond acceptors (Lipinski definition) is 3. The summed E-state index contributed by atoms with van der Waals surface area (Å²) in [5, 5.41) is 0. The first-order valence-corrected chi connectivity index (χ1v) is 4.57. The van der Waals surface area contributed by atoms with E-state index in [0.29, 0.717) is 18.8 Å². The summed E-state index contributed by atoms with van der Waals surface area (Å²) in [6.07, 6.45) is 1.66. The van der Waals surface area contributed by atoms with Crippen molar-refractivity contribution in [3.05, 3.63) is 48.0 Å². The molecule has 3 N–H and O–H groups in total. The molecule has 0 unspecified atom stereocenters. The molecule has 0 aliphatic heterocycles. The number of hydrazine groups is 1. The Bertz CT molecular complexity index is 350. The van der Waals surface area contributed by atoms with Crippen LogP contribution < -0.4 is 11.3 Å². The van der Waals surface area contributed by atoms with Crippen molar-refractivity contribution in [2.45, 2.75) is 6.61 Å². The summed E-state index contributed by atoms with van der Waals surface area (Å²) >= 11 is 0. The maximum atomic E-state index is 11.4. The number of hydrogen-bond donors (Lipinski definition) is 2. The molecule has 1 aromatic rings. The minimum absolute atomic E-state index is 0.312. The monoisotopic (exact) mass is 206 g/mol. The lowest BCUT2D eigenvalue weighted by Crippen LogP contribution is -2.30. The molecule has 15 heavy (non-hydrogen) atoms. The fraction of sp³-hybridized carbons (Fsp3) is 0.182. The van der Waals surface area contributed by atoms with Crippen LogP contribution in [-0.4, -0.2) is 12.5 Å². The topological polar surface area (TPSA) is 64.3 Å².